The Labute approximate surface area is 144 Å². The fraction of sp³-hybridized carbons (Fsp3) is 0.353. The van der Waals surface area contributed by atoms with Crippen molar-refractivity contribution < 1.29 is 9.72 Å². The van der Waals surface area contributed by atoms with Gasteiger partial charge in [0.25, 0.3) is 11.6 Å². The van der Waals surface area contributed by atoms with Crippen LogP contribution in [0.3, 0.4) is 0 Å². The minimum atomic E-state index is -0.578. The van der Waals surface area contributed by atoms with Gasteiger partial charge in [-0.15, -0.1) is 0 Å². The highest BCUT2D eigenvalue weighted by Gasteiger charge is 2.21. The lowest BCUT2D eigenvalue weighted by Crippen LogP contribution is -2.38. The van der Waals surface area contributed by atoms with Gasteiger partial charge in [0.1, 0.15) is 5.69 Å². The van der Waals surface area contributed by atoms with Crippen LogP contribution in [0.25, 0.3) is 5.69 Å². The highest BCUT2D eigenvalue weighted by atomic mass is 16.6. The Bertz CT molecular complexity index is 856. The molecule has 132 valence electrons. The molecule has 8 heteroatoms. The summed E-state index contributed by atoms with van der Waals surface area (Å²) in [5.74, 6) is -0.578. The van der Waals surface area contributed by atoms with E-state index in [0.29, 0.717) is 5.69 Å². The summed E-state index contributed by atoms with van der Waals surface area (Å²) in [5, 5.41) is 18.1. The first-order valence-corrected chi connectivity index (χ1v) is 8.04. The van der Waals surface area contributed by atoms with Crippen LogP contribution in [-0.2, 0) is 0 Å². The SMILES string of the molecule is CCC(CC)NC(=O)c1nn(-c2ccccc2[N+](=O)[O-])c(C)cc1=O. The Balaban J connectivity index is 2.54. The highest BCUT2D eigenvalue weighted by Crippen LogP contribution is 2.22. The lowest BCUT2D eigenvalue weighted by molar-refractivity contribution is -0.384. The Morgan fingerprint density at radius 3 is 2.56 bits per heavy atom. The number of hydrogen-bond donors (Lipinski definition) is 1. The summed E-state index contributed by atoms with van der Waals surface area (Å²) in [6.07, 6.45) is 1.46. The van der Waals surface area contributed by atoms with Gasteiger partial charge in [0.15, 0.2) is 5.69 Å². The smallest absolute Gasteiger partial charge is 0.294 e. The molecule has 1 N–H and O–H groups in total. The van der Waals surface area contributed by atoms with Gasteiger partial charge in [-0.05, 0) is 25.8 Å². The van der Waals surface area contributed by atoms with Gasteiger partial charge < -0.3 is 5.32 Å². The minimum Gasteiger partial charge on any atom is -0.348 e. The highest BCUT2D eigenvalue weighted by molar-refractivity contribution is 5.92. The number of carbonyl (C=O) groups is 1. The molecule has 0 unspecified atom stereocenters. The lowest BCUT2D eigenvalue weighted by Gasteiger charge is -2.15. The first kappa shape index (κ1) is 18.3. The predicted octanol–water partition coefficient (Wildman–Crippen LogP) is 2.37. The van der Waals surface area contributed by atoms with Crippen molar-refractivity contribution >= 4 is 11.6 Å². The number of nitro groups is 1. The van der Waals surface area contributed by atoms with Gasteiger partial charge in [0, 0.05) is 23.9 Å². The van der Waals surface area contributed by atoms with Crippen LogP contribution in [0.5, 0.6) is 0 Å². The minimum absolute atomic E-state index is 0.0606. The van der Waals surface area contributed by atoms with Crippen LogP contribution in [-0.4, -0.2) is 26.7 Å². The fourth-order valence-electron chi connectivity index (χ4n) is 2.49. The molecule has 25 heavy (non-hydrogen) atoms. The van der Waals surface area contributed by atoms with Crippen molar-refractivity contribution in [2.75, 3.05) is 0 Å². The molecule has 2 aromatic rings. The maximum absolute atomic E-state index is 12.4. The fourth-order valence-corrected chi connectivity index (χ4v) is 2.49. The molecule has 0 saturated carbocycles. The third kappa shape index (κ3) is 3.90. The molecular formula is C17H20N4O4. The average Bonchev–Trinajstić information content (AvgIpc) is 2.59. The van der Waals surface area contributed by atoms with Crippen molar-refractivity contribution in [3.05, 3.63) is 62.1 Å². The molecule has 8 nitrogen and oxygen atoms in total. The van der Waals surface area contributed by atoms with Crippen LogP contribution in [0.15, 0.2) is 35.1 Å². The third-order valence-corrected chi connectivity index (χ3v) is 3.95. The number of aromatic nitrogens is 2. The molecule has 0 aliphatic carbocycles. The van der Waals surface area contributed by atoms with Crippen LogP contribution in [0.4, 0.5) is 5.69 Å². The Morgan fingerprint density at radius 2 is 1.96 bits per heavy atom. The van der Waals surface area contributed by atoms with E-state index < -0.39 is 16.3 Å². The van der Waals surface area contributed by atoms with Crippen molar-refractivity contribution in [3.63, 3.8) is 0 Å². The molecule has 0 fully saturated rings. The zero-order chi connectivity index (χ0) is 18.6. The lowest BCUT2D eigenvalue weighted by atomic mass is 10.1. The van der Waals surface area contributed by atoms with Crippen LogP contribution < -0.4 is 10.7 Å². The summed E-state index contributed by atoms with van der Waals surface area (Å²) in [5.41, 5.74) is -0.362. The molecule has 1 aromatic carbocycles. The summed E-state index contributed by atoms with van der Waals surface area (Å²) in [6, 6.07) is 7.23. The number of aryl methyl sites for hydroxylation is 1. The quantitative estimate of drug-likeness (QED) is 0.639. The van der Waals surface area contributed by atoms with Gasteiger partial charge >= 0.3 is 0 Å². The molecule has 1 aromatic heterocycles. The predicted molar refractivity (Wildman–Crippen MR) is 93.1 cm³/mol. The normalized spacial score (nSPS) is 10.7. The standard InChI is InChI=1S/C17H20N4O4/c1-4-12(5-2)18-17(23)16-15(22)10-11(3)20(19-16)13-8-6-7-9-14(13)21(24)25/h6-10,12H,4-5H2,1-3H3,(H,18,23). The number of benzene rings is 1. The van der Waals surface area contributed by atoms with Crippen LogP contribution >= 0.6 is 0 Å². The Morgan fingerprint density at radius 1 is 1.32 bits per heavy atom. The van der Waals surface area contributed by atoms with Gasteiger partial charge in [0.2, 0.25) is 5.43 Å². The monoisotopic (exact) mass is 344 g/mol. The molecule has 0 spiro atoms. The first-order chi connectivity index (χ1) is 11.9. The van der Waals surface area contributed by atoms with E-state index in [2.05, 4.69) is 10.4 Å². The second-order valence-corrected chi connectivity index (χ2v) is 5.64. The Kier molecular flexibility index (Phi) is 5.63. The second-order valence-electron chi connectivity index (χ2n) is 5.64. The number of para-hydroxylation sites is 2. The van der Waals surface area contributed by atoms with E-state index in [1.165, 1.54) is 22.9 Å². The molecule has 1 heterocycles. The number of carbonyl (C=O) groups excluding carboxylic acids is 1. The summed E-state index contributed by atoms with van der Waals surface area (Å²) < 4.78 is 1.25. The zero-order valence-electron chi connectivity index (χ0n) is 14.4. The summed E-state index contributed by atoms with van der Waals surface area (Å²) in [4.78, 5) is 35.3. The van der Waals surface area contributed by atoms with Crippen molar-refractivity contribution in [3.8, 4) is 5.69 Å². The largest absolute Gasteiger partial charge is 0.348 e. The first-order valence-electron chi connectivity index (χ1n) is 8.04. The molecule has 0 aliphatic heterocycles. The summed E-state index contributed by atoms with van der Waals surface area (Å²) in [6.45, 7) is 5.47. The maximum atomic E-state index is 12.4. The number of nitrogens with zero attached hydrogens (tertiary/aromatic N) is 3. The van der Waals surface area contributed by atoms with Crippen molar-refractivity contribution in [1.29, 1.82) is 0 Å². The molecular weight excluding hydrogens is 324 g/mol. The molecule has 1 amide bonds. The number of amides is 1. The molecule has 0 atom stereocenters. The van der Waals surface area contributed by atoms with Crippen molar-refractivity contribution in [1.82, 2.24) is 15.1 Å². The van der Waals surface area contributed by atoms with E-state index in [1.54, 1.807) is 19.1 Å². The number of nitro benzene ring substituents is 1. The van der Waals surface area contributed by atoms with Gasteiger partial charge in [-0.2, -0.15) is 5.10 Å². The van der Waals surface area contributed by atoms with Crippen LogP contribution in [0.1, 0.15) is 42.9 Å². The van der Waals surface area contributed by atoms with Gasteiger partial charge in [-0.25, -0.2) is 4.68 Å². The number of rotatable bonds is 6. The number of hydrogen-bond acceptors (Lipinski definition) is 5. The number of nitrogens with one attached hydrogen (secondary N) is 1. The van der Waals surface area contributed by atoms with E-state index in [9.17, 15) is 19.7 Å². The molecule has 0 bridgehead atoms. The Hall–Kier alpha value is -3.03. The van der Waals surface area contributed by atoms with E-state index in [-0.39, 0.29) is 23.1 Å². The second kappa shape index (κ2) is 7.69. The topological polar surface area (TPSA) is 107 Å². The van der Waals surface area contributed by atoms with E-state index in [0.717, 1.165) is 12.8 Å². The van der Waals surface area contributed by atoms with E-state index in [1.807, 2.05) is 13.8 Å². The van der Waals surface area contributed by atoms with Crippen LogP contribution in [0, 0.1) is 17.0 Å². The van der Waals surface area contributed by atoms with Gasteiger partial charge in [-0.1, -0.05) is 26.0 Å². The van der Waals surface area contributed by atoms with Crippen LogP contribution in [0.2, 0.25) is 0 Å². The third-order valence-electron chi connectivity index (χ3n) is 3.95. The molecule has 0 aliphatic rings. The zero-order valence-corrected chi connectivity index (χ0v) is 14.4. The maximum Gasteiger partial charge on any atom is 0.294 e. The average molecular weight is 344 g/mol. The summed E-state index contributed by atoms with van der Waals surface area (Å²) >= 11 is 0. The van der Waals surface area contributed by atoms with Gasteiger partial charge in [-0.3, -0.25) is 19.7 Å². The van der Waals surface area contributed by atoms with Crippen molar-refractivity contribution in [2.45, 2.75) is 39.7 Å². The molecule has 0 saturated heterocycles. The van der Waals surface area contributed by atoms with Crippen molar-refractivity contribution in [2.24, 2.45) is 0 Å². The molecule has 0 radical (unpaired) electrons. The van der Waals surface area contributed by atoms with E-state index >= 15 is 0 Å². The summed E-state index contributed by atoms with van der Waals surface area (Å²) in [7, 11) is 0. The molecule has 2 rings (SSSR count). The van der Waals surface area contributed by atoms with Gasteiger partial charge in [0.05, 0.1) is 4.92 Å². The van der Waals surface area contributed by atoms with E-state index in [4.69, 9.17) is 0 Å².